The Morgan fingerprint density at radius 2 is 1.48 bits per heavy atom. The molecule has 0 fully saturated rings. The summed E-state index contributed by atoms with van der Waals surface area (Å²) in [4.78, 5) is 24.8. The van der Waals surface area contributed by atoms with E-state index in [0.717, 1.165) is 11.1 Å². The summed E-state index contributed by atoms with van der Waals surface area (Å²) < 4.78 is 5.94. The molecule has 0 saturated carbocycles. The van der Waals surface area contributed by atoms with Gasteiger partial charge in [-0.1, -0.05) is 60.1 Å². The third-order valence-corrected chi connectivity index (χ3v) is 5.16. The van der Waals surface area contributed by atoms with Crippen LogP contribution in [0.2, 0.25) is 5.02 Å². The number of ether oxygens (including phenoxy) is 1. The SMILES string of the molecule is O=C(O)C[C@@H](NC(=O)C1c2ccccc2Oc2ccccc21)c1ccc(Cl)cc1. The van der Waals surface area contributed by atoms with Gasteiger partial charge in [0.1, 0.15) is 11.5 Å². The Hall–Kier alpha value is -3.31. The second-order valence-electron chi connectivity index (χ2n) is 6.82. The number of carbonyl (C=O) groups is 2. The summed E-state index contributed by atoms with van der Waals surface area (Å²) in [5.74, 6) is -0.646. The van der Waals surface area contributed by atoms with Crippen LogP contribution in [-0.4, -0.2) is 17.0 Å². The number of halogens is 1. The minimum Gasteiger partial charge on any atom is -0.481 e. The Kier molecular flexibility index (Phi) is 5.23. The molecule has 0 bridgehead atoms. The number of hydrogen-bond donors (Lipinski definition) is 2. The van der Waals surface area contributed by atoms with Gasteiger partial charge in [-0.2, -0.15) is 0 Å². The number of carboxylic acids is 1. The van der Waals surface area contributed by atoms with Crippen LogP contribution in [0.4, 0.5) is 0 Å². The summed E-state index contributed by atoms with van der Waals surface area (Å²) in [6, 6.07) is 20.9. The van der Waals surface area contributed by atoms with Crippen LogP contribution in [0, 0.1) is 0 Å². The highest BCUT2D eigenvalue weighted by atomic mass is 35.5. The number of benzene rings is 3. The van der Waals surface area contributed by atoms with Gasteiger partial charge in [0.05, 0.1) is 18.4 Å². The number of carbonyl (C=O) groups excluding carboxylic acids is 1. The molecule has 0 radical (unpaired) electrons. The maximum Gasteiger partial charge on any atom is 0.305 e. The van der Waals surface area contributed by atoms with Crippen molar-refractivity contribution in [1.82, 2.24) is 5.32 Å². The molecule has 0 unspecified atom stereocenters. The smallest absolute Gasteiger partial charge is 0.305 e. The van der Waals surface area contributed by atoms with E-state index in [1.807, 2.05) is 48.5 Å². The van der Waals surface area contributed by atoms with Crippen LogP contribution >= 0.6 is 11.6 Å². The number of carboxylic acid groups (broad SMARTS) is 1. The molecule has 1 atom stereocenters. The summed E-state index contributed by atoms with van der Waals surface area (Å²) in [7, 11) is 0. The highest BCUT2D eigenvalue weighted by Crippen LogP contribution is 2.44. The molecule has 1 heterocycles. The van der Waals surface area contributed by atoms with Crippen molar-refractivity contribution in [3.8, 4) is 11.5 Å². The van der Waals surface area contributed by atoms with Crippen molar-refractivity contribution in [3.63, 3.8) is 0 Å². The molecular formula is C23H18ClNO4. The molecule has 3 aromatic rings. The van der Waals surface area contributed by atoms with Gasteiger partial charge >= 0.3 is 5.97 Å². The molecule has 0 aliphatic carbocycles. The minimum atomic E-state index is -1.00. The number of fused-ring (bicyclic) bond motifs is 2. The molecule has 0 aromatic heterocycles. The molecule has 4 rings (SSSR count). The first-order chi connectivity index (χ1) is 14.0. The second-order valence-corrected chi connectivity index (χ2v) is 7.26. The van der Waals surface area contributed by atoms with Crippen molar-refractivity contribution in [3.05, 3.63) is 94.5 Å². The van der Waals surface area contributed by atoms with E-state index < -0.39 is 17.9 Å². The van der Waals surface area contributed by atoms with E-state index in [2.05, 4.69) is 5.32 Å². The molecule has 2 N–H and O–H groups in total. The number of aliphatic carboxylic acids is 1. The Balaban J connectivity index is 1.69. The van der Waals surface area contributed by atoms with Gasteiger partial charge in [-0.15, -0.1) is 0 Å². The molecule has 1 amide bonds. The standard InChI is InChI=1S/C23H18ClNO4/c24-15-11-9-14(10-12-15)18(13-21(26)27)25-23(28)22-16-5-1-3-7-19(16)29-20-8-4-2-6-17(20)22/h1-12,18,22H,13H2,(H,25,28)(H,26,27)/t18-/m1/s1. The van der Waals surface area contributed by atoms with Gasteiger partial charge in [0.2, 0.25) is 5.91 Å². The highest BCUT2D eigenvalue weighted by Gasteiger charge is 2.33. The van der Waals surface area contributed by atoms with Gasteiger partial charge in [0.15, 0.2) is 0 Å². The Bertz CT molecular complexity index is 1020. The lowest BCUT2D eigenvalue weighted by Gasteiger charge is -2.29. The van der Waals surface area contributed by atoms with Crippen molar-refractivity contribution in [1.29, 1.82) is 0 Å². The Morgan fingerprint density at radius 1 is 0.931 bits per heavy atom. The van der Waals surface area contributed by atoms with E-state index >= 15 is 0 Å². The summed E-state index contributed by atoms with van der Waals surface area (Å²) in [5.41, 5.74) is 2.17. The molecule has 0 saturated heterocycles. The van der Waals surface area contributed by atoms with Crippen molar-refractivity contribution in [2.75, 3.05) is 0 Å². The Morgan fingerprint density at radius 3 is 2.03 bits per heavy atom. The van der Waals surface area contributed by atoms with E-state index in [9.17, 15) is 14.7 Å². The first kappa shape index (κ1) is 19.0. The van der Waals surface area contributed by atoms with Crippen LogP contribution in [0.5, 0.6) is 11.5 Å². The van der Waals surface area contributed by atoms with Crippen molar-refractivity contribution in [2.45, 2.75) is 18.4 Å². The average Bonchev–Trinajstić information content (AvgIpc) is 2.71. The van der Waals surface area contributed by atoms with Crippen LogP contribution in [0.1, 0.15) is 35.1 Å². The van der Waals surface area contributed by atoms with Crippen molar-refractivity contribution in [2.24, 2.45) is 0 Å². The van der Waals surface area contributed by atoms with E-state index in [1.165, 1.54) is 0 Å². The van der Waals surface area contributed by atoms with Crippen LogP contribution in [0.25, 0.3) is 0 Å². The molecule has 146 valence electrons. The van der Waals surface area contributed by atoms with E-state index in [1.54, 1.807) is 24.3 Å². The summed E-state index contributed by atoms with van der Waals surface area (Å²) in [5, 5.41) is 12.8. The summed E-state index contributed by atoms with van der Waals surface area (Å²) >= 11 is 5.94. The van der Waals surface area contributed by atoms with Gasteiger partial charge in [0, 0.05) is 16.1 Å². The first-order valence-electron chi connectivity index (χ1n) is 9.16. The van der Waals surface area contributed by atoms with Crippen molar-refractivity contribution < 1.29 is 19.4 Å². The fourth-order valence-electron chi connectivity index (χ4n) is 3.57. The summed E-state index contributed by atoms with van der Waals surface area (Å²) in [6.07, 6.45) is -0.236. The Labute approximate surface area is 172 Å². The minimum absolute atomic E-state index is 0.236. The molecule has 29 heavy (non-hydrogen) atoms. The number of amides is 1. The van der Waals surface area contributed by atoms with Crippen LogP contribution in [0.15, 0.2) is 72.8 Å². The largest absolute Gasteiger partial charge is 0.481 e. The monoisotopic (exact) mass is 407 g/mol. The molecular weight excluding hydrogens is 390 g/mol. The van der Waals surface area contributed by atoms with Crippen LogP contribution in [0.3, 0.4) is 0 Å². The zero-order chi connectivity index (χ0) is 20.4. The van der Waals surface area contributed by atoms with Crippen LogP contribution in [-0.2, 0) is 9.59 Å². The van der Waals surface area contributed by atoms with Gasteiger partial charge < -0.3 is 15.2 Å². The normalized spacial score (nSPS) is 13.6. The molecule has 1 aliphatic heterocycles. The average molecular weight is 408 g/mol. The van der Waals surface area contributed by atoms with Gasteiger partial charge in [0.25, 0.3) is 0 Å². The van der Waals surface area contributed by atoms with Gasteiger partial charge in [-0.3, -0.25) is 9.59 Å². The fraction of sp³-hybridized carbons (Fsp3) is 0.130. The third-order valence-electron chi connectivity index (χ3n) is 4.91. The van der Waals surface area contributed by atoms with E-state index in [-0.39, 0.29) is 12.3 Å². The molecule has 5 nitrogen and oxygen atoms in total. The van der Waals surface area contributed by atoms with Crippen LogP contribution < -0.4 is 10.1 Å². The number of rotatable bonds is 5. The quantitative estimate of drug-likeness (QED) is 0.630. The lowest BCUT2D eigenvalue weighted by molar-refractivity contribution is -0.137. The first-order valence-corrected chi connectivity index (χ1v) is 9.54. The maximum atomic E-state index is 13.4. The highest BCUT2D eigenvalue weighted by molar-refractivity contribution is 6.30. The topological polar surface area (TPSA) is 75.6 Å². The zero-order valence-corrected chi connectivity index (χ0v) is 16.1. The molecule has 6 heteroatoms. The van der Waals surface area contributed by atoms with Gasteiger partial charge in [-0.25, -0.2) is 0 Å². The molecule has 0 spiro atoms. The predicted molar refractivity (Wildman–Crippen MR) is 109 cm³/mol. The van der Waals surface area contributed by atoms with Crippen molar-refractivity contribution >= 4 is 23.5 Å². The molecule has 1 aliphatic rings. The number of nitrogens with one attached hydrogen (secondary N) is 1. The zero-order valence-electron chi connectivity index (χ0n) is 15.3. The van der Waals surface area contributed by atoms with E-state index in [4.69, 9.17) is 16.3 Å². The van der Waals surface area contributed by atoms with Gasteiger partial charge in [-0.05, 0) is 29.8 Å². The lowest BCUT2D eigenvalue weighted by Crippen LogP contribution is -2.35. The number of para-hydroxylation sites is 2. The molecule has 3 aromatic carbocycles. The number of hydrogen-bond acceptors (Lipinski definition) is 3. The maximum absolute atomic E-state index is 13.4. The fourth-order valence-corrected chi connectivity index (χ4v) is 3.70. The second kappa shape index (κ2) is 7.97. The van der Waals surface area contributed by atoms with E-state index in [0.29, 0.717) is 22.1 Å². The predicted octanol–water partition coefficient (Wildman–Crippen LogP) is 4.91. The summed E-state index contributed by atoms with van der Waals surface area (Å²) in [6.45, 7) is 0. The third kappa shape index (κ3) is 3.96. The lowest BCUT2D eigenvalue weighted by atomic mass is 9.86.